The summed E-state index contributed by atoms with van der Waals surface area (Å²) < 4.78 is 7.74. The molecule has 3 N–H and O–H groups in total. The summed E-state index contributed by atoms with van der Waals surface area (Å²) in [7, 11) is 3.68. The summed E-state index contributed by atoms with van der Waals surface area (Å²) in [6.45, 7) is 6.82. The molecule has 0 bridgehead atoms. The van der Waals surface area contributed by atoms with E-state index in [2.05, 4.69) is 45.8 Å². The first kappa shape index (κ1) is 28.9. The van der Waals surface area contributed by atoms with Crippen molar-refractivity contribution in [2.75, 3.05) is 45.3 Å². The molecule has 1 saturated heterocycles. The highest BCUT2D eigenvalue weighted by Gasteiger charge is 2.23. The van der Waals surface area contributed by atoms with E-state index in [0.29, 0.717) is 50.8 Å². The first-order chi connectivity index (χ1) is 20.4. The van der Waals surface area contributed by atoms with Crippen LogP contribution in [-0.2, 0) is 29.2 Å². The van der Waals surface area contributed by atoms with Crippen LogP contribution in [0.3, 0.4) is 0 Å². The van der Waals surface area contributed by atoms with Crippen molar-refractivity contribution < 1.29 is 14.3 Å². The van der Waals surface area contributed by atoms with Crippen LogP contribution in [0.25, 0.3) is 28.6 Å². The van der Waals surface area contributed by atoms with Crippen molar-refractivity contribution in [1.82, 2.24) is 29.7 Å². The topological polar surface area (TPSA) is 132 Å². The highest BCUT2D eigenvalue weighted by atomic mass is 16.5. The predicted octanol–water partition coefficient (Wildman–Crippen LogP) is 2.84. The molecule has 0 aliphatic carbocycles. The van der Waals surface area contributed by atoms with Crippen LogP contribution in [-0.4, -0.2) is 76.6 Å². The van der Waals surface area contributed by atoms with E-state index < -0.39 is 5.91 Å². The number of carbonyl (C=O) groups excluding carboxylic acids is 2. The number of hydrogen-bond donors (Lipinski definition) is 2. The Balaban J connectivity index is 1.44. The number of amides is 2. The number of carbonyl (C=O) groups is 2. The van der Waals surface area contributed by atoms with Gasteiger partial charge in [0.1, 0.15) is 5.82 Å². The fourth-order valence-corrected chi connectivity index (χ4v) is 4.99. The Kier molecular flexibility index (Phi) is 8.89. The van der Waals surface area contributed by atoms with Crippen LogP contribution in [0.5, 0.6) is 0 Å². The number of ether oxygens (including phenoxy) is 1. The number of benzene rings is 2. The minimum Gasteiger partial charge on any atom is -0.378 e. The van der Waals surface area contributed by atoms with Gasteiger partial charge >= 0.3 is 0 Å². The molecular weight excluding hydrogens is 532 g/mol. The molecule has 4 aromatic rings. The highest BCUT2D eigenvalue weighted by molar-refractivity contribution is 5.93. The van der Waals surface area contributed by atoms with Gasteiger partial charge in [-0.3, -0.25) is 14.5 Å². The second kappa shape index (κ2) is 12.9. The molecule has 2 aromatic carbocycles. The zero-order chi connectivity index (χ0) is 29.6. The summed E-state index contributed by atoms with van der Waals surface area (Å²) >= 11 is 0. The number of rotatable bonds is 10. The molecule has 11 nitrogen and oxygen atoms in total. The first-order valence-corrected chi connectivity index (χ1v) is 14.0. The van der Waals surface area contributed by atoms with Crippen molar-refractivity contribution in [2.45, 2.75) is 26.6 Å². The van der Waals surface area contributed by atoms with Gasteiger partial charge in [0.05, 0.1) is 19.8 Å². The maximum atomic E-state index is 11.6. The summed E-state index contributed by atoms with van der Waals surface area (Å²) in [6.07, 6.45) is 3.31. The molecule has 218 valence electrons. The normalized spacial score (nSPS) is 13.8. The molecule has 2 amide bonds. The summed E-state index contributed by atoms with van der Waals surface area (Å²) in [5.74, 6) is 1.66. The second-order valence-electron chi connectivity index (χ2n) is 10.2. The minimum atomic E-state index is -0.474. The van der Waals surface area contributed by atoms with Gasteiger partial charge in [0.25, 0.3) is 0 Å². The molecule has 42 heavy (non-hydrogen) atoms. The number of aryl methyl sites for hydroxylation is 1. The van der Waals surface area contributed by atoms with E-state index in [1.165, 1.54) is 6.08 Å². The number of morpholine rings is 1. The maximum Gasteiger partial charge on any atom is 0.248 e. The zero-order valence-corrected chi connectivity index (χ0v) is 24.2. The molecule has 1 aliphatic rings. The first-order valence-electron chi connectivity index (χ1n) is 14.0. The van der Waals surface area contributed by atoms with Crippen molar-refractivity contribution in [3.05, 3.63) is 77.1 Å². The van der Waals surface area contributed by atoms with Crippen molar-refractivity contribution in [2.24, 2.45) is 5.73 Å². The molecule has 0 unspecified atom stereocenters. The number of nitrogens with two attached hydrogens (primary N) is 1. The lowest BCUT2D eigenvalue weighted by molar-refractivity contribution is -0.115. The van der Waals surface area contributed by atoms with Gasteiger partial charge in [0, 0.05) is 50.4 Å². The van der Waals surface area contributed by atoms with Gasteiger partial charge in [0.2, 0.25) is 11.8 Å². The fraction of sp³-hybridized carbons (Fsp3) is 0.323. The van der Waals surface area contributed by atoms with Gasteiger partial charge in [0.15, 0.2) is 22.8 Å². The number of nitrogens with one attached hydrogen (secondary N) is 1. The number of likely N-dealkylation sites (N-methyl/N-ethyl adjacent to an activating group) is 1. The van der Waals surface area contributed by atoms with Gasteiger partial charge in [-0.25, -0.2) is 15.0 Å². The molecule has 0 saturated carbocycles. The Labute approximate surface area is 245 Å². The number of hydrogen-bond acceptors (Lipinski definition) is 8. The van der Waals surface area contributed by atoms with Gasteiger partial charge < -0.3 is 25.3 Å². The van der Waals surface area contributed by atoms with Crippen LogP contribution < -0.4 is 16.0 Å². The quantitative estimate of drug-likeness (QED) is 0.279. The lowest BCUT2D eigenvalue weighted by Gasteiger charge is -2.28. The molecule has 2 aromatic heterocycles. The van der Waals surface area contributed by atoms with Crippen LogP contribution >= 0.6 is 0 Å². The van der Waals surface area contributed by atoms with E-state index in [-0.39, 0.29) is 5.91 Å². The van der Waals surface area contributed by atoms with E-state index in [1.807, 2.05) is 24.3 Å². The molecule has 0 atom stereocenters. The molecule has 1 fully saturated rings. The SMILES string of the molecule is CCn1c(CN(C)Cc2ccc(/C=C/C(=O)NC)cc2)nc2c(N3CCOCC3)nc(-c3ccc(C(N)=O)cc3)nc21. The second-order valence-corrected chi connectivity index (χ2v) is 10.2. The van der Waals surface area contributed by atoms with Crippen molar-refractivity contribution in [3.63, 3.8) is 0 Å². The molecule has 0 radical (unpaired) electrons. The van der Waals surface area contributed by atoms with E-state index in [0.717, 1.165) is 46.0 Å². The smallest absolute Gasteiger partial charge is 0.248 e. The lowest BCUT2D eigenvalue weighted by Crippen LogP contribution is -2.37. The lowest BCUT2D eigenvalue weighted by atomic mass is 10.1. The Morgan fingerprint density at radius 1 is 1.02 bits per heavy atom. The van der Waals surface area contributed by atoms with Gasteiger partial charge in [-0.2, -0.15) is 0 Å². The van der Waals surface area contributed by atoms with E-state index in [1.54, 1.807) is 25.3 Å². The van der Waals surface area contributed by atoms with Crippen LogP contribution in [0.2, 0.25) is 0 Å². The molecule has 11 heteroatoms. The molecule has 3 heterocycles. The summed E-state index contributed by atoms with van der Waals surface area (Å²) in [6, 6.07) is 15.2. The third-order valence-corrected chi connectivity index (χ3v) is 7.23. The largest absolute Gasteiger partial charge is 0.378 e. The zero-order valence-electron chi connectivity index (χ0n) is 24.2. The monoisotopic (exact) mass is 568 g/mol. The number of nitrogens with zero attached hydrogens (tertiary/aromatic N) is 6. The van der Waals surface area contributed by atoms with E-state index in [9.17, 15) is 9.59 Å². The Morgan fingerprint density at radius 3 is 2.38 bits per heavy atom. The van der Waals surface area contributed by atoms with Crippen molar-refractivity contribution in [3.8, 4) is 11.4 Å². The summed E-state index contributed by atoms with van der Waals surface area (Å²) in [4.78, 5) is 42.5. The number of imidazole rings is 1. The number of primary amides is 1. The number of anilines is 1. The van der Waals surface area contributed by atoms with Crippen molar-refractivity contribution in [1.29, 1.82) is 0 Å². The average Bonchev–Trinajstić information content (AvgIpc) is 3.37. The Bertz CT molecular complexity index is 1590. The van der Waals surface area contributed by atoms with E-state index in [4.69, 9.17) is 25.4 Å². The summed E-state index contributed by atoms with van der Waals surface area (Å²) in [5, 5.41) is 2.58. The predicted molar refractivity (Wildman–Crippen MR) is 163 cm³/mol. The standard InChI is InChI=1S/C31H36N8O3/c1-4-39-25(20-37(3)19-22-7-5-21(6-8-22)9-14-26(40)33-2)34-27-30(38-15-17-42-18-16-38)35-29(36-31(27)39)24-12-10-23(11-13-24)28(32)41/h5-14H,4,15-20H2,1-3H3,(H2,32,41)(H,33,40)/b14-9+. The molecule has 0 spiro atoms. The third-order valence-electron chi connectivity index (χ3n) is 7.23. The van der Waals surface area contributed by atoms with Crippen LogP contribution in [0, 0.1) is 0 Å². The molecule has 1 aliphatic heterocycles. The van der Waals surface area contributed by atoms with E-state index >= 15 is 0 Å². The van der Waals surface area contributed by atoms with Crippen LogP contribution in [0.4, 0.5) is 5.82 Å². The number of aromatic nitrogens is 4. The number of fused-ring (bicyclic) bond motifs is 1. The molecular formula is C31H36N8O3. The van der Waals surface area contributed by atoms with Crippen molar-refractivity contribution >= 4 is 34.9 Å². The van der Waals surface area contributed by atoms with Crippen LogP contribution in [0.1, 0.15) is 34.2 Å². The highest BCUT2D eigenvalue weighted by Crippen LogP contribution is 2.29. The fourth-order valence-electron chi connectivity index (χ4n) is 4.99. The van der Waals surface area contributed by atoms with Crippen LogP contribution in [0.15, 0.2) is 54.6 Å². The Hall–Kier alpha value is -4.61. The summed E-state index contributed by atoms with van der Waals surface area (Å²) in [5.41, 5.74) is 10.3. The van der Waals surface area contributed by atoms with Gasteiger partial charge in [-0.05, 0) is 43.3 Å². The van der Waals surface area contributed by atoms with Gasteiger partial charge in [-0.15, -0.1) is 0 Å². The minimum absolute atomic E-state index is 0.132. The van der Waals surface area contributed by atoms with Gasteiger partial charge in [-0.1, -0.05) is 36.4 Å². The molecule has 5 rings (SSSR count). The Morgan fingerprint density at radius 2 is 1.74 bits per heavy atom. The third kappa shape index (κ3) is 6.48. The maximum absolute atomic E-state index is 11.6. The average molecular weight is 569 g/mol.